The minimum atomic E-state index is -0.485. The minimum absolute atomic E-state index is 0.0135. The van der Waals surface area contributed by atoms with Crippen molar-refractivity contribution in [1.29, 1.82) is 0 Å². The SMILES string of the molecule is CCC(C)(CSc1ccc(Cl)cc1)C(=O)Nc1cccc2cccnc12. The normalized spacial score (nSPS) is 13.3. The van der Waals surface area contributed by atoms with Crippen molar-refractivity contribution in [1.82, 2.24) is 4.98 Å². The highest BCUT2D eigenvalue weighted by Crippen LogP contribution is 2.33. The van der Waals surface area contributed by atoms with Crippen LogP contribution in [0.3, 0.4) is 0 Å². The van der Waals surface area contributed by atoms with Gasteiger partial charge >= 0.3 is 0 Å². The van der Waals surface area contributed by atoms with Gasteiger partial charge < -0.3 is 5.32 Å². The zero-order valence-electron chi connectivity index (χ0n) is 14.8. The van der Waals surface area contributed by atoms with Crippen LogP contribution < -0.4 is 5.32 Å². The number of carbonyl (C=O) groups excluding carboxylic acids is 1. The monoisotopic (exact) mass is 384 g/mol. The number of fused-ring (bicyclic) bond motifs is 1. The molecular weight excluding hydrogens is 364 g/mol. The van der Waals surface area contributed by atoms with Crippen LogP contribution in [0.15, 0.2) is 65.7 Å². The number of hydrogen-bond acceptors (Lipinski definition) is 3. The number of nitrogens with one attached hydrogen (secondary N) is 1. The Balaban J connectivity index is 1.75. The number of thioether (sulfide) groups is 1. The Morgan fingerprint density at radius 1 is 1.15 bits per heavy atom. The molecule has 3 aromatic rings. The first-order chi connectivity index (χ1) is 12.5. The molecule has 0 aliphatic carbocycles. The van der Waals surface area contributed by atoms with Crippen LogP contribution in [0.4, 0.5) is 5.69 Å². The largest absolute Gasteiger partial charge is 0.324 e. The Hall–Kier alpha value is -2.04. The summed E-state index contributed by atoms with van der Waals surface area (Å²) >= 11 is 7.61. The van der Waals surface area contributed by atoms with Crippen molar-refractivity contribution in [3.8, 4) is 0 Å². The summed E-state index contributed by atoms with van der Waals surface area (Å²) in [5, 5.41) is 4.82. The fourth-order valence-electron chi connectivity index (χ4n) is 2.58. The number of rotatable bonds is 6. The van der Waals surface area contributed by atoms with Crippen LogP contribution in [-0.4, -0.2) is 16.6 Å². The van der Waals surface area contributed by atoms with Gasteiger partial charge in [-0.05, 0) is 49.7 Å². The van der Waals surface area contributed by atoms with E-state index in [4.69, 9.17) is 11.6 Å². The van der Waals surface area contributed by atoms with E-state index < -0.39 is 5.41 Å². The average molecular weight is 385 g/mol. The number of aromatic nitrogens is 1. The molecule has 1 aromatic heterocycles. The van der Waals surface area contributed by atoms with Gasteiger partial charge in [0, 0.05) is 27.3 Å². The third-order valence-corrected chi connectivity index (χ3v) is 6.22. The molecule has 5 heteroatoms. The van der Waals surface area contributed by atoms with Crippen LogP contribution in [-0.2, 0) is 4.79 Å². The highest BCUT2D eigenvalue weighted by Gasteiger charge is 2.31. The Morgan fingerprint density at radius 3 is 2.62 bits per heavy atom. The molecule has 0 radical (unpaired) electrons. The van der Waals surface area contributed by atoms with Crippen LogP contribution in [0.5, 0.6) is 0 Å². The van der Waals surface area contributed by atoms with Gasteiger partial charge in [-0.2, -0.15) is 0 Å². The smallest absolute Gasteiger partial charge is 0.231 e. The molecule has 134 valence electrons. The Bertz CT molecular complexity index is 908. The Morgan fingerprint density at radius 2 is 1.88 bits per heavy atom. The second-order valence-electron chi connectivity index (χ2n) is 6.49. The summed E-state index contributed by atoms with van der Waals surface area (Å²) in [5.41, 5.74) is 1.08. The van der Waals surface area contributed by atoms with Gasteiger partial charge in [-0.1, -0.05) is 36.7 Å². The zero-order valence-corrected chi connectivity index (χ0v) is 16.4. The first kappa shape index (κ1) is 18.7. The quantitative estimate of drug-likeness (QED) is 0.527. The molecule has 1 atom stereocenters. The number of nitrogens with zero attached hydrogens (tertiary/aromatic N) is 1. The summed E-state index contributed by atoms with van der Waals surface area (Å²) in [4.78, 5) is 18.5. The van der Waals surface area contributed by atoms with E-state index in [1.165, 1.54) is 0 Å². The van der Waals surface area contributed by atoms with Crippen LogP contribution in [0.25, 0.3) is 10.9 Å². The first-order valence-electron chi connectivity index (χ1n) is 8.55. The third-order valence-electron chi connectivity index (χ3n) is 4.58. The van der Waals surface area contributed by atoms with E-state index in [0.717, 1.165) is 27.9 Å². The van der Waals surface area contributed by atoms with Gasteiger partial charge in [-0.3, -0.25) is 9.78 Å². The molecule has 1 N–H and O–H groups in total. The zero-order chi connectivity index (χ0) is 18.6. The maximum absolute atomic E-state index is 13.0. The lowest BCUT2D eigenvalue weighted by molar-refractivity contribution is -0.123. The van der Waals surface area contributed by atoms with Gasteiger partial charge in [0.05, 0.1) is 16.6 Å². The van der Waals surface area contributed by atoms with Crippen molar-refractivity contribution >= 4 is 45.9 Å². The van der Waals surface area contributed by atoms with Crippen LogP contribution in [0, 0.1) is 5.41 Å². The molecule has 0 bridgehead atoms. The van der Waals surface area contributed by atoms with Gasteiger partial charge in [0.15, 0.2) is 0 Å². The molecule has 3 nitrogen and oxygen atoms in total. The van der Waals surface area contributed by atoms with E-state index in [2.05, 4.69) is 10.3 Å². The van der Waals surface area contributed by atoms with Crippen molar-refractivity contribution in [3.05, 3.63) is 65.8 Å². The number of pyridine rings is 1. The summed E-state index contributed by atoms with van der Waals surface area (Å²) in [6.07, 6.45) is 2.49. The molecule has 1 amide bonds. The first-order valence-corrected chi connectivity index (χ1v) is 9.92. The number of anilines is 1. The second kappa shape index (κ2) is 8.11. The fraction of sp³-hybridized carbons (Fsp3) is 0.238. The number of carbonyl (C=O) groups is 1. The molecule has 0 aliphatic heterocycles. The topological polar surface area (TPSA) is 42.0 Å². The number of hydrogen-bond donors (Lipinski definition) is 1. The maximum atomic E-state index is 13.0. The molecule has 0 spiro atoms. The molecule has 1 unspecified atom stereocenters. The van der Waals surface area contributed by atoms with Gasteiger partial charge in [-0.15, -0.1) is 11.8 Å². The van der Waals surface area contributed by atoms with Crippen molar-refractivity contribution in [2.75, 3.05) is 11.1 Å². The number of para-hydroxylation sites is 1. The van der Waals surface area contributed by atoms with E-state index in [-0.39, 0.29) is 5.91 Å². The van der Waals surface area contributed by atoms with E-state index in [0.29, 0.717) is 10.8 Å². The fourth-order valence-corrected chi connectivity index (χ4v) is 3.85. The number of amides is 1. The summed E-state index contributed by atoms with van der Waals surface area (Å²) in [5.74, 6) is 0.703. The van der Waals surface area contributed by atoms with Gasteiger partial charge in [0.1, 0.15) is 0 Å². The average Bonchev–Trinajstić information content (AvgIpc) is 2.67. The van der Waals surface area contributed by atoms with E-state index in [9.17, 15) is 4.79 Å². The predicted octanol–water partition coefficient (Wildman–Crippen LogP) is 6.04. The molecule has 2 aromatic carbocycles. The van der Waals surface area contributed by atoms with Gasteiger partial charge in [0.2, 0.25) is 5.91 Å². The number of benzene rings is 2. The molecule has 1 heterocycles. The lowest BCUT2D eigenvalue weighted by Gasteiger charge is -2.27. The standard InChI is InChI=1S/C21H21ClN2OS/c1-3-21(2,14-26-17-11-9-16(22)10-12-17)20(25)24-18-8-4-6-15-7-5-13-23-19(15)18/h4-13H,3,14H2,1-2H3,(H,24,25). The van der Waals surface area contributed by atoms with Gasteiger partial charge in [-0.25, -0.2) is 0 Å². The lowest BCUT2D eigenvalue weighted by atomic mass is 9.88. The van der Waals surface area contributed by atoms with Gasteiger partial charge in [0.25, 0.3) is 0 Å². The molecule has 3 rings (SSSR count). The van der Waals surface area contributed by atoms with Crippen molar-refractivity contribution in [3.63, 3.8) is 0 Å². The summed E-state index contributed by atoms with van der Waals surface area (Å²) in [6, 6.07) is 17.4. The number of halogens is 1. The van der Waals surface area contributed by atoms with E-state index in [1.54, 1.807) is 18.0 Å². The predicted molar refractivity (Wildman–Crippen MR) is 111 cm³/mol. The molecule has 0 aliphatic rings. The molecule has 0 fully saturated rings. The van der Waals surface area contributed by atoms with Crippen molar-refractivity contribution < 1.29 is 4.79 Å². The van der Waals surface area contributed by atoms with E-state index >= 15 is 0 Å². The highest BCUT2D eigenvalue weighted by atomic mass is 35.5. The highest BCUT2D eigenvalue weighted by molar-refractivity contribution is 7.99. The maximum Gasteiger partial charge on any atom is 0.231 e. The lowest BCUT2D eigenvalue weighted by Crippen LogP contribution is -2.35. The Kier molecular flexibility index (Phi) is 5.84. The van der Waals surface area contributed by atoms with Crippen molar-refractivity contribution in [2.45, 2.75) is 25.2 Å². The second-order valence-corrected chi connectivity index (χ2v) is 7.98. The molecule has 0 saturated carbocycles. The van der Waals surface area contributed by atoms with E-state index in [1.807, 2.05) is 68.4 Å². The summed E-state index contributed by atoms with van der Waals surface area (Å²) < 4.78 is 0. The third kappa shape index (κ3) is 4.19. The Labute approximate surface area is 163 Å². The van der Waals surface area contributed by atoms with Crippen LogP contribution in [0.1, 0.15) is 20.3 Å². The summed E-state index contributed by atoms with van der Waals surface area (Å²) in [7, 11) is 0. The van der Waals surface area contributed by atoms with Crippen LogP contribution >= 0.6 is 23.4 Å². The summed E-state index contributed by atoms with van der Waals surface area (Å²) in [6.45, 7) is 4.05. The molecular formula is C21H21ClN2OS. The molecule has 0 saturated heterocycles. The minimum Gasteiger partial charge on any atom is -0.324 e. The molecule has 26 heavy (non-hydrogen) atoms. The van der Waals surface area contributed by atoms with Crippen LogP contribution in [0.2, 0.25) is 5.02 Å². The van der Waals surface area contributed by atoms with Crippen molar-refractivity contribution in [2.24, 2.45) is 5.41 Å².